The van der Waals surface area contributed by atoms with Crippen LogP contribution >= 0.6 is 0 Å². The van der Waals surface area contributed by atoms with Crippen molar-refractivity contribution in [1.29, 1.82) is 0 Å². The molecular weight excluding hydrogens is 328 g/mol. The summed E-state index contributed by atoms with van der Waals surface area (Å²) in [5, 5.41) is 0. The first-order chi connectivity index (χ1) is 12.6. The van der Waals surface area contributed by atoms with Gasteiger partial charge in [-0.15, -0.1) is 0 Å². The van der Waals surface area contributed by atoms with Crippen molar-refractivity contribution in [2.45, 2.75) is 38.3 Å². The number of fused-ring (bicyclic) bond motifs is 2. The minimum absolute atomic E-state index is 0.264. The van der Waals surface area contributed by atoms with E-state index >= 15 is 0 Å². The highest BCUT2D eigenvalue weighted by Gasteiger charge is 2.47. The van der Waals surface area contributed by atoms with E-state index in [2.05, 4.69) is 19.8 Å². The van der Waals surface area contributed by atoms with Crippen LogP contribution in [0, 0.1) is 6.92 Å². The van der Waals surface area contributed by atoms with E-state index in [9.17, 15) is 4.79 Å². The van der Waals surface area contributed by atoms with Gasteiger partial charge in [0.05, 0.1) is 19.2 Å². The van der Waals surface area contributed by atoms with Crippen molar-refractivity contribution in [1.82, 2.24) is 14.9 Å². The van der Waals surface area contributed by atoms with Gasteiger partial charge in [-0.05, 0) is 43.5 Å². The molecular formula is C20H24N4O2. The zero-order valence-corrected chi connectivity index (χ0v) is 15.3. The number of piperidine rings is 1. The fraction of sp³-hybridized carbons (Fsp3) is 0.450. The van der Waals surface area contributed by atoms with Gasteiger partial charge >= 0.3 is 0 Å². The first-order valence-electron chi connectivity index (χ1n) is 9.13. The van der Waals surface area contributed by atoms with E-state index < -0.39 is 0 Å². The smallest absolute Gasteiger partial charge is 0.223 e. The second-order valence-electron chi connectivity index (χ2n) is 7.06. The van der Waals surface area contributed by atoms with Crippen molar-refractivity contribution >= 4 is 11.7 Å². The first-order valence-corrected chi connectivity index (χ1v) is 9.13. The highest BCUT2D eigenvalue weighted by atomic mass is 16.5. The third-order valence-electron chi connectivity index (χ3n) is 5.35. The number of aryl methyl sites for hydroxylation is 2. The number of carbonyl (C=O) groups is 1. The number of benzene rings is 1. The molecule has 6 nitrogen and oxygen atoms in total. The quantitative estimate of drug-likeness (QED) is 0.826. The van der Waals surface area contributed by atoms with Crippen molar-refractivity contribution in [3.05, 3.63) is 47.9 Å². The fourth-order valence-corrected chi connectivity index (χ4v) is 4.00. The van der Waals surface area contributed by atoms with Crippen LogP contribution in [0.25, 0.3) is 0 Å². The molecule has 2 bridgehead atoms. The third kappa shape index (κ3) is 3.23. The van der Waals surface area contributed by atoms with Gasteiger partial charge in [0.2, 0.25) is 5.91 Å². The molecule has 5 rings (SSSR count). The number of amides is 1. The van der Waals surface area contributed by atoms with Crippen LogP contribution in [0.15, 0.2) is 36.5 Å². The average Bonchev–Trinajstić information content (AvgIpc) is 2.67. The largest absolute Gasteiger partial charge is 0.497 e. The second-order valence-corrected chi connectivity index (χ2v) is 7.06. The number of carbonyl (C=O) groups excluding carboxylic acids is 1. The molecule has 0 radical (unpaired) electrons. The van der Waals surface area contributed by atoms with Gasteiger partial charge in [-0.3, -0.25) is 4.79 Å². The molecule has 6 heteroatoms. The van der Waals surface area contributed by atoms with E-state index in [1.54, 1.807) is 13.3 Å². The summed E-state index contributed by atoms with van der Waals surface area (Å²) >= 11 is 0. The van der Waals surface area contributed by atoms with Gasteiger partial charge in [-0.25, -0.2) is 9.97 Å². The SMILES string of the molecule is COc1ccc(CCC(=O)N2C3CC2CN(c2ccnc(C)n2)C3)cc1. The van der Waals surface area contributed by atoms with Crippen molar-refractivity contribution in [2.24, 2.45) is 0 Å². The maximum absolute atomic E-state index is 12.7. The van der Waals surface area contributed by atoms with Crippen molar-refractivity contribution in [3.63, 3.8) is 0 Å². The molecule has 0 aliphatic carbocycles. The Labute approximate surface area is 153 Å². The molecule has 3 aliphatic heterocycles. The number of ether oxygens (including phenoxy) is 1. The highest BCUT2D eigenvalue weighted by molar-refractivity contribution is 5.78. The summed E-state index contributed by atoms with van der Waals surface area (Å²) < 4.78 is 5.17. The number of methoxy groups -OCH3 is 1. The Kier molecular flexibility index (Phi) is 4.49. The molecule has 1 aromatic heterocycles. The number of rotatable bonds is 5. The molecule has 1 amide bonds. The summed E-state index contributed by atoms with van der Waals surface area (Å²) in [7, 11) is 1.66. The Balaban J connectivity index is 1.33. The topological polar surface area (TPSA) is 58.6 Å². The molecule has 0 saturated carbocycles. The summed E-state index contributed by atoms with van der Waals surface area (Å²) in [5.74, 6) is 2.87. The average molecular weight is 352 g/mol. The molecule has 136 valence electrons. The van der Waals surface area contributed by atoms with Crippen LogP contribution in [-0.2, 0) is 11.2 Å². The lowest BCUT2D eigenvalue weighted by atomic mass is 9.86. The molecule has 1 aromatic carbocycles. The minimum atomic E-state index is 0.264. The summed E-state index contributed by atoms with van der Waals surface area (Å²) in [4.78, 5) is 25.7. The Morgan fingerprint density at radius 3 is 2.58 bits per heavy atom. The predicted octanol–water partition coefficient (Wildman–Crippen LogP) is 2.22. The van der Waals surface area contributed by atoms with Crippen LogP contribution in [-0.4, -0.2) is 53.1 Å². The van der Waals surface area contributed by atoms with Crippen LogP contribution in [0.4, 0.5) is 5.82 Å². The van der Waals surface area contributed by atoms with Crippen LogP contribution in [0.1, 0.15) is 24.2 Å². The number of anilines is 1. The normalized spacial score (nSPS) is 21.3. The fourth-order valence-electron chi connectivity index (χ4n) is 4.00. The van der Waals surface area contributed by atoms with E-state index in [0.29, 0.717) is 18.5 Å². The third-order valence-corrected chi connectivity index (χ3v) is 5.35. The Morgan fingerprint density at radius 1 is 1.19 bits per heavy atom. The predicted molar refractivity (Wildman–Crippen MR) is 99.3 cm³/mol. The monoisotopic (exact) mass is 352 g/mol. The second kappa shape index (κ2) is 6.94. The summed E-state index contributed by atoms with van der Waals surface area (Å²) in [6, 6.07) is 10.5. The lowest BCUT2D eigenvalue weighted by molar-refractivity contribution is -0.146. The summed E-state index contributed by atoms with van der Waals surface area (Å²) in [5.41, 5.74) is 1.17. The van der Waals surface area contributed by atoms with Crippen LogP contribution in [0.2, 0.25) is 0 Å². The number of hydrogen-bond donors (Lipinski definition) is 0. The maximum atomic E-state index is 12.7. The van der Waals surface area contributed by atoms with Gasteiger partial charge in [-0.2, -0.15) is 0 Å². The van der Waals surface area contributed by atoms with E-state index in [-0.39, 0.29) is 5.91 Å². The summed E-state index contributed by atoms with van der Waals surface area (Å²) in [6.45, 7) is 3.63. The number of aromatic nitrogens is 2. The van der Waals surface area contributed by atoms with Gasteiger partial charge < -0.3 is 14.5 Å². The molecule has 2 atom stereocenters. The Bertz CT molecular complexity index is 781. The van der Waals surface area contributed by atoms with Gasteiger partial charge in [0.25, 0.3) is 0 Å². The van der Waals surface area contributed by atoms with Gasteiger partial charge in [0.1, 0.15) is 17.4 Å². The molecule has 2 unspecified atom stereocenters. The number of nitrogens with zero attached hydrogens (tertiary/aromatic N) is 4. The molecule has 3 fully saturated rings. The minimum Gasteiger partial charge on any atom is -0.497 e. The first kappa shape index (κ1) is 16.8. The molecule has 26 heavy (non-hydrogen) atoms. The lowest BCUT2D eigenvalue weighted by Crippen LogP contribution is -2.70. The van der Waals surface area contributed by atoms with E-state index in [1.165, 1.54) is 5.56 Å². The molecule has 4 heterocycles. The molecule has 3 saturated heterocycles. The van der Waals surface area contributed by atoms with Crippen molar-refractivity contribution < 1.29 is 9.53 Å². The zero-order chi connectivity index (χ0) is 18.1. The van der Waals surface area contributed by atoms with Gasteiger partial charge in [0.15, 0.2) is 0 Å². The molecule has 0 spiro atoms. The molecule has 2 aromatic rings. The van der Waals surface area contributed by atoms with Crippen LogP contribution < -0.4 is 9.64 Å². The van der Waals surface area contributed by atoms with E-state index in [0.717, 1.165) is 43.3 Å². The van der Waals surface area contributed by atoms with Crippen LogP contribution in [0.5, 0.6) is 5.75 Å². The lowest BCUT2D eigenvalue weighted by Gasteiger charge is -2.56. The number of hydrogen-bond acceptors (Lipinski definition) is 5. The molecule has 3 aliphatic rings. The Hall–Kier alpha value is -2.63. The van der Waals surface area contributed by atoms with Gasteiger partial charge in [0, 0.05) is 25.7 Å². The van der Waals surface area contributed by atoms with E-state index in [1.807, 2.05) is 37.3 Å². The van der Waals surface area contributed by atoms with Crippen molar-refractivity contribution in [2.75, 3.05) is 25.1 Å². The Morgan fingerprint density at radius 2 is 1.92 bits per heavy atom. The van der Waals surface area contributed by atoms with E-state index in [4.69, 9.17) is 4.74 Å². The number of piperazine rings is 1. The zero-order valence-electron chi connectivity index (χ0n) is 15.3. The van der Waals surface area contributed by atoms with Crippen LogP contribution in [0.3, 0.4) is 0 Å². The molecule has 0 N–H and O–H groups in total. The van der Waals surface area contributed by atoms with Crippen molar-refractivity contribution in [3.8, 4) is 5.75 Å². The maximum Gasteiger partial charge on any atom is 0.223 e. The highest BCUT2D eigenvalue weighted by Crippen LogP contribution is 2.34. The summed E-state index contributed by atoms with van der Waals surface area (Å²) in [6.07, 6.45) is 4.24. The van der Waals surface area contributed by atoms with Gasteiger partial charge in [-0.1, -0.05) is 12.1 Å². The standard InChI is InChI=1S/C20H24N4O2/c1-14-21-10-9-19(22-14)23-12-16-11-17(13-23)24(16)20(25)8-5-15-3-6-18(26-2)7-4-15/h3-4,6-7,9-10,16-17H,5,8,11-13H2,1-2H3.